The van der Waals surface area contributed by atoms with Crippen LogP contribution in [0.1, 0.15) is 16.2 Å². The number of H-pyrrole nitrogens is 1. The minimum absolute atomic E-state index is 0. The molecule has 6 heteroatoms. The van der Waals surface area contributed by atoms with E-state index in [-0.39, 0.29) is 18.1 Å². The molecule has 0 saturated carbocycles. The first-order chi connectivity index (χ1) is 4.63. The minimum Gasteiger partial charge on any atom is -0.476 e. The van der Waals surface area contributed by atoms with Crippen LogP contribution in [-0.2, 0) is 0 Å². The molecular formula is C5H6ClFN2O2. The van der Waals surface area contributed by atoms with E-state index in [1.807, 2.05) is 0 Å². The Morgan fingerprint density at radius 3 is 2.45 bits per heavy atom. The molecule has 0 saturated heterocycles. The number of hydrogen-bond donors (Lipinski definition) is 2. The molecule has 0 radical (unpaired) electrons. The zero-order chi connectivity index (χ0) is 7.72. The molecule has 0 aliphatic carbocycles. The Labute approximate surface area is 67.8 Å². The minimum atomic E-state index is -1.36. The molecule has 0 spiro atoms. The first-order valence-electron chi connectivity index (χ1n) is 2.56. The Morgan fingerprint density at radius 1 is 1.73 bits per heavy atom. The molecular weight excluding hydrogens is 175 g/mol. The normalized spacial score (nSPS) is 8.91. The number of aromatic nitrogens is 2. The number of carbonyl (C=O) groups is 1. The van der Waals surface area contributed by atoms with E-state index in [2.05, 4.69) is 10.2 Å². The maximum Gasteiger partial charge on any atom is 0.359 e. The summed E-state index contributed by atoms with van der Waals surface area (Å²) in [5.74, 6) is -2.16. The second kappa shape index (κ2) is 3.34. The maximum absolute atomic E-state index is 12.5. The van der Waals surface area contributed by atoms with Crippen LogP contribution in [0.3, 0.4) is 0 Å². The van der Waals surface area contributed by atoms with Crippen molar-refractivity contribution in [2.24, 2.45) is 0 Å². The Morgan fingerprint density at radius 2 is 2.27 bits per heavy atom. The molecule has 0 atom stereocenters. The quantitative estimate of drug-likeness (QED) is 0.677. The molecule has 1 aromatic heterocycles. The number of rotatable bonds is 1. The number of nitrogens with one attached hydrogen (secondary N) is 1. The van der Waals surface area contributed by atoms with E-state index in [1.54, 1.807) is 0 Å². The molecule has 4 nitrogen and oxygen atoms in total. The second-order valence-corrected chi connectivity index (χ2v) is 1.82. The van der Waals surface area contributed by atoms with Crippen LogP contribution in [0.4, 0.5) is 4.39 Å². The molecule has 0 unspecified atom stereocenters. The van der Waals surface area contributed by atoms with E-state index in [0.717, 1.165) is 0 Å². The van der Waals surface area contributed by atoms with Crippen LogP contribution in [0.2, 0.25) is 0 Å². The van der Waals surface area contributed by atoms with Crippen LogP contribution in [0.15, 0.2) is 0 Å². The lowest BCUT2D eigenvalue weighted by Gasteiger charge is -1.83. The second-order valence-electron chi connectivity index (χ2n) is 1.82. The van der Waals surface area contributed by atoms with Crippen molar-refractivity contribution in [2.75, 3.05) is 0 Å². The Bertz CT molecular complexity index is 273. The van der Waals surface area contributed by atoms with Crippen LogP contribution in [0.5, 0.6) is 0 Å². The third-order valence-electron chi connectivity index (χ3n) is 1.08. The molecule has 1 heterocycles. The summed E-state index contributed by atoms with van der Waals surface area (Å²) in [5.41, 5.74) is -0.421. The SMILES string of the molecule is Cc1[nH]nc(C(=O)O)c1F.Cl. The van der Waals surface area contributed by atoms with Gasteiger partial charge in [0.15, 0.2) is 5.82 Å². The highest BCUT2D eigenvalue weighted by atomic mass is 35.5. The van der Waals surface area contributed by atoms with Crippen molar-refractivity contribution in [1.82, 2.24) is 10.2 Å². The standard InChI is InChI=1S/C5H5FN2O2.ClH/c1-2-3(6)4(5(9)10)8-7-2;/h1H3,(H,7,8)(H,9,10);1H. The van der Waals surface area contributed by atoms with Gasteiger partial charge in [-0.15, -0.1) is 12.4 Å². The van der Waals surface area contributed by atoms with Gasteiger partial charge in [0.1, 0.15) is 0 Å². The molecule has 1 rings (SSSR count). The van der Waals surface area contributed by atoms with Crippen molar-refractivity contribution in [1.29, 1.82) is 0 Å². The summed E-state index contributed by atoms with van der Waals surface area (Å²) in [4.78, 5) is 10.1. The summed E-state index contributed by atoms with van der Waals surface area (Å²) < 4.78 is 12.5. The van der Waals surface area contributed by atoms with Gasteiger partial charge in [-0.3, -0.25) is 5.10 Å². The highest BCUT2D eigenvalue weighted by molar-refractivity contribution is 5.85. The number of hydrogen-bond acceptors (Lipinski definition) is 2. The smallest absolute Gasteiger partial charge is 0.359 e. The Balaban J connectivity index is 0.000001000. The molecule has 0 fully saturated rings. The number of aryl methyl sites for hydroxylation is 1. The molecule has 1 aromatic rings. The van der Waals surface area contributed by atoms with Crippen molar-refractivity contribution in [3.8, 4) is 0 Å². The Kier molecular flexibility index (Phi) is 3.00. The Hall–Kier alpha value is -1.10. The number of carboxylic acids is 1. The summed E-state index contributed by atoms with van der Waals surface area (Å²) in [7, 11) is 0. The van der Waals surface area contributed by atoms with Crippen LogP contribution >= 0.6 is 12.4 Å². The predicted octanol–water partition coefficient (Wildman–Crippen LogP) is 0.977. The van der Waals surface area contributed by atoms with Gasteiger partial charge < -0.3 is 5.11 Å². The van der Waals surface area contributed by atoms with E-state index in [0.29, 0.717) is 0 Å². The summed E-state index contributed by atoms with van der Waals surface area (Å²) in [5, 5.41) is 13.7. The van der Waals surface area contributed by atoms with E-state index in [4.69, 9.17) is 5.11 Å². The lowest BCUT2D eigenvalue weighted by atomic mass is 10.3. The number of halogens is 2. The van der Waals surface area contributed by atoms with Gasteiger partial charge in [-0.2, -0.15) is 5.10 Å². The first-order valence-corrected chi connectivity index (χ1v) is 2.56. The third-order valence-corrected chi connectivity index (χ3v) is 1.08. The number of nitrogens with zero attached hydrogens (tertiary/aromatic N) is 1. The van der Waals surface area contributed by atoms with E-state index in [9.17, 15) is 9.18 Å². The van der Waals surface area contributed by atoms with Gasteiger partial charge in [-0.25, -0.2) is 9.18 Å². The van der Waals surface area contributed by atoms with E-state index in [1.165, 1.54) is 6.92 Å². The molecule has 0 amide bonds. The van der Waals surface area contributed by atoms with E-state index < -0.39 is 17.5 Å². The average molecular weight is 181 g/mol. The van der Waals surface area contributed by atoms with Crippen LogP contribution in [0.25, 0.3) is 0 Å². The highest BCUT2D eigenvalue weighted by Crippen LogP contribution is 2.06. The fourth-order valence-corrected chi connectivity index (χ4v) is 0.557. The lowest BCUT2D eigenvalue weighted by Crippen LogP contribution is -1.99. The van der Waals surface area contributed by atoms with Crippen LogP contribution < -0.4 is 0 Å². The lowest BCUT2D eigenvalue weighted by molar-refractivity contribution is 0.0685. The summed E-state index contributed by atoms with van der Waals surface area (Å²) in [6.07, 6.45) is 0. The largest absolute Gasteiger partial charge is 0.476 e. The van der Waals surface area contributed by atoms with Gasteiger partial charge in [0, 0.05) is 0 Å². The molecule has 0 aliphatic rings. The molecule has 0 bridgehead atoms. The molecule has 0 aliphatic heterocycles. The van der Waals surface area contributed by atoms with Gasteiger partial charge >= 0.3 is 5.97 Å². The maximum atomic E-state index is 12.5. The summed E-state index contributed by atoms with van der Waals surface area (Å²) in [6.45, 7) is 1.41. The molecule has 11 heavy (non-hydrogen) atoms. The van der Waals surface area contributed by atoms with Crippen molar-refractivity contribution < 1.29 is 14.3 Å². The number of aromatic carboxylic acids is 1. The topological polar surface area (TPSA) is 66.0 Å². The van der Waals surface area contributed by atoms with Gasteiger partial charge in [-0.05, 0) is 6.92 Å². The monoisotopic (exact) mass is 180 g/mol. The predicted molar refractivity (Wildman–Crippen MR) is 37.5 cm³/mol. The fourth-order valence-electron chi connectivity index (χ4n) is 0.557. The summed E-state index contributed by atoms with van der Waals surface area (Å²) in [6, 6.07) is 0. The highest BCUT2D eigenvalue weighted by Gasteiger charge is 2.15. The van der Waals surface area contributed by atoms with Gasteiger partial charge in [0.25, 0.3) is 0 Å². The van der Waals surface area contributed by atoms with Gasteiger partial charge in [0.2, 0.25) is 5.69 Å². The van der Waals surface area contributed by atoms with Crippen LogP contribution in [0, 0.1) is 12.7 Å². The van der Waals surface area contributed by atoms with Crippen LogP contribution in [-0.4, -0.2) is 21.3 Å². The number of carboxylic acid groups (broad SMARTS) is 1. The van der Waals surface area contributed by atoms with Crippen molar-refractivity contribution >= 4 is 18.4 Å². The zero-order valence-corrected chi connectivity index (χ0v) is 6.41. The zero-order valence-electron chi connectivity index (χ0n) is 5.59. The van der Waals surface area contributed by atoms with Crippen molar-refractivity contribution in [2.45, 2.75) is 6.92 Å². The van der Waals surface area contributed by atoms with Gasteiger partial charge in [0.05, 0.1) is 5.69 Å². The average Bonchev–Trinajstić information content (AvgIpc) is 2.14. The molecule has 62 valence electrons. The molecule has 2 N–H and O–H groups in total. The van der Waals surface area contributed by atoms with E-state index >= 15 is 0 Å². The summed E-state index contributed by atoms with van der Waals surface area (Å²) >= 11 is 0. The van der Waals surface area contributed by atoms with Gasteiger partial charge in [-0.1, -0.05) is 0 Å². The third kappa shape index (κ3) is 1.68. The first kappa shape index (κ1) is 9.90. The fraction of sp³-hybridized carbons (Fsp3) is 0.200. The molecule has 0 aromatic carbocycles. The number of aromatic amines is 1. The van der Waals surface area contributed by atoms with Crippen molar-refractivity contribution in [3.63, 3.8) is 0 Å². The van der Waals surface area contributed by atoms with Crippen molar-refractivity contribution in [3.05, 3.63) is 17.2 Å².